The summed E-state index contributed by atoms with van der Waals surface area (Å²) in [6, 6.07) is 19.7. The van der Waals surface area contributed by atoms with E-state index in [0.29, 0.717) is 11.8 Å². The van der Waals surface area contributed by atoms with E-state index in [1.165, 1.54) is 27.4 Å². The van der Waals surface area contributed by atoms with Crippen LogP contribution in [0.15, 0.2) is 71.4 Å². The molecule has 3 nitrogen and oxygen atoms in total. The van der Waals surface area contributed by atoms with Crippen molar-refractivity contribution in [2.75, 3.05) is 0 Å². The van der Waals surface area contributed by atoms with E-state index in [9.17, 15) is 0 Å². The number of oxazole rings is 1. The van der Waals surface area contributed by atoms with E-state index in [1.807, 2.05) is 6.20 Å². The number of hydrogen-bond acceptors (Lipinski definition) is 2. The second kappa shape index (κ2) is 8.28. The number of nitrogens with zero attached hydrogens (tertiary/aromatic N) is 2. The van der Waals surface area contributed by atoms with Crippen LogP contribution in [0.1, 0.15) is 50.7 Å². The summed E-state index contributed by atoms with van der Waals surface area (Å²) in [5.74, 6) is 0.890. The Bertz CT molecular complexity index is 1470. The molecule has 34 heavy (non-hydrogen) atoms. The van der Waals surface area contributed by atoms with E-state index >= 15 is 0 Å². The summed E-state index contributed by atoms with van der Waals surface area (Å²) >= 11 is 0. The fourth-order valence-corrected chi connectivity index (χ4v) is 6.41. The zero-order valence-electron chi connectivity index (χ0n) is 21.3. The predicted molar refractivity (Wildman–Crippen MR) is 147 cm³/mol. The summed E-state index contributed by atoms with van der Waals surface area (Å²) in [6.07, 6.45) is 4.09. The number of hydrogen-bond donors (Lipinski definition) is 0. The van der Waals surface area contributed by atoms with Gasteiger partial charge in [-0.15, -0.1) is 0 Å². The molecule has 4 heteroatoms. The summed E-state index contributed by atoms with van der Waals surface area (Å²) < 4.78 is 8.76. The average molecular weight is 467 g/mol. The molecule has 0 radical (unpaired) electrons. The van der Waals surface area contributed by atoms with Crippen molar-refractivity contribution in [2.24, 2.45) is 0 Å². The number of rotatable bonds is 5. The summed E-state index contributed by atoms with van der Waals surface area (Å²) in [7, 11) is -1.52. The van der Waals surface area contributed by atoms with Gasteiger partial charge in [0.05, 0.1) is 19.3 Å². The van der Waals surface area contributed by atoms with Crippen LogP contribution in [0.5, 0.6) is 0 Å². The fraction of sp³-hybridized carbons (Fsp3) is 0.300. The third-order valence-corrected chi connectivity index (χ3v) is 8.79. The van der Waals surface area contributed by atoms with Gasteiger partial charge < -0.3 is 4.42 Å². The predicted octanol–water partition coefficient (Wildman–Crippen LogP) is 8.21. The highest BCUT2D eigenvalue weighted by atomic mass is 28.3. The second-order valence-corrected chi connectivity index (χ2v) is 16.0. The largest absolute Gasteiger partial charge is 0.438 e. The third-order valence-electron chi connectivity index (χ3n) is 6.80. The van der Waals surface area contributed by atoms with Crippen molar-refractivity contribution in [1.82, 2.24) is 9.38 Å². The molecule has 2 aromatic carbocycles. The van der Waals surface area contributed by atoms with E-state index in [4.69, 9.17) is 9.40 Å². The quantitative estimate of drug-likeness (QED) is 0.244. The summed E-state index contributed by atoms with van der Waals surface area (Å²) in [6.45, 7) is 16.2. The van der Waals surface area contributed by atoms with Gasteiger partial charge in [0.25, 0.3) is 0 Å². The van der Waals surface area contributed by atoms with Gasteiger partial charge in [-0.25, -0.2) is 0 Å². The molecular formula is C30H34N2OSi. The highest BCUT2D eigenvalue weighted by molar-refractivity contribution is 6.90. The van der Waals surface area contributed by atoms with Crippen molar-refractivity contribution in [2.45, 2.75) is 59.2 Å². The van der Waals surface area contributed by atoms with Crippen molar-refractivity contribution in [3.63, 3.8) is 0 Å². The van der Waals surface area contributed by atoms with Crippen LogP contribution in [0.3, 0.4) is 0 Å². The summed E-state index contributed by atoms with van der Waals surface area (Å²) in [5.41, 5.74) is 10.3. The van der Waals surface area contributed by atoms with Crippen molar-refractivity contribution in [1.29, 1.82) is 0 Å². The van der Waals surface area contributed by atoms with Crippen molar-refractivity contribution in [3.8, 4) is 22.4 Å². The molecule has 0 aliphatic rings. The number of fused-ring (bicyclic) bond motifs is 3. The van der Waals surface area contributed by atoms with Crippen LogP contribution in [-0.2, 0) is 0 Å². The first-order chi connectivity index (χ1) is 16.2. The van der Waals surface area contributed by atoms with E-state index < -0.39 is 8.07 Å². The maximum Gasteiger partial charge on any atom is 0.204 e. The minimum absolute atomic E-state index is 0.445. The number of para-hydroxylation sites is 1. The van der Waals surface area contributed by atoms with E-state index in [1.54, 1.807) is 0 Å². The minimum Gasteiger partial charge on any atom is -0.438 e. The Morgan fingerprint density at radius 2 is 1.53 bits per heavy atom. The minimum atomic E-state index is -1.52. The van der Waals surface area contributed by atoms with Gasteiger partial charge in [0.2, 0.25) is 5.71 Å². The van der Waals surface area contributed by atoms with E-state index in [0.717, 1.165) is 28.1 Å². The van der Waals surface area contributed by atoms with Crippen molar-refractivity contribution < 1.29 is 4.42 Å². The lowest BCUT2D eigenvalue weighted by molar-refractivity contribution is 0.659. The Kier molecular flexibility index (Phi) is 5.52. The van der Waals surface area contributed by atoms with Gasteiger partial charge in [-0.1, -0.05) is 71.6 Å². The Labute approximate surface area is 203 Å². The molecule has 0 saturated heterocycles. The molecule has 174 valence electrons. The van der Waals surface area contributed by atoms with E-state index in [2.05, 4.69) is 113 Å². The monoisotopic (exact) mass is 466 g/mol. The van der Waals surface area contributed by atoms with E-state index in [-0.39, 0.29) is 0 Å². The molecule has 0 N–H and O–H groups in total. The van der Waals surface area contributed by atoms with Gasteiger partial charge >= 0.3 is 0 Å². The Morgan fingerprint density at radius 1 is 0.853 bits per heavy atom. The van der Waals surface area contributed by atoms with Gasteiger partial charge in [-0.05, 0) is 64.4 Å². The summed E-state index contributed by atoms with van der Waals surface area (Å²) in [4.78, 5) is 4.80. The van der Waals surface area contributed by atoms with Gasteiger partial charge in [0.1, 0.15) is 0 Å². The van der Waals surface area contributed by atoms with Crippen LogP contribution in [0, 0.1) is 0 Å². The van der Waals surface area contributed by atoms with Gasteiger partial charge in [-0.3, -0.25) is 9.38 Å². The molecule has 0 fully saturated rings. The summed E-state index contributed by atoms with van der Waals surface area (Å²) in [5, 5.41) is 1.35. The second-order valence-electron chi connectivity index (χ2n) is 11.0. The lowest BCUT2D eigenvalue weighted by Gasteiger charge is -2.20. The highest BCUT2D eigenvalue weighted by Gasteiger charge is 2.25. The first-order valence-electron chi connectivity index (χ1n) is 12.3. The molecule has 0 bridgehead atoms. The smallest absolute Gasteiger partial charge is 0.204 e. The van der Waals surface area contributed by atoms with Crippen LogP contribution < -0.4 is 5.19 Å². The molecule has 0 aliphatic carbocycles. The Balaban J connectivity index is 1.72. The maximum absolute atomic E-state index is 6.56. The van der Waals surface area contributed by atoms with Gasteiger partial charge in [0, 0.05) is 23.1 Å². The molecule has 0 amide bonds. The Morgan fingerprint density at radius 3 is 2.18 bits per heavy atom. The van der Waals surface area contributed by atoms with Gasteiger partial charge in [0.15, 0.2) is 5.58 Å². The zero-order chi connectivity index (χ0) is 24.2. The highest BCUT2D eigenvalue weighted by Crippen LogP contribution is 2.38. The lowest BCUT2D eigenvalue weighted by atomic mass is 9.85. The topological polar surface area (TPSA) is 30.4 Å². The first-order valence-corrected chi connectivity index (χ1v) is 15.8. The van der Waals surface area contributed by atoms with Crippen molar-refractivity contribution in [3.05, 3.63) is 78.1 Å². The lowest BCUT2D eigenvalue weighted by Crippen LogP contribution is -2.36. The molecule has 0 unspecified atom stereocenters. The van der Waals surface area contributed by atoms with Crippen LogP contribution in [0.25, 0.3) is 39.2 Å². The molecule has 0 aliphatic heterocycles. The molecule has 3 aromatic heterocycles. The number of benzene rings is 2. The molecular weight excluding hydrogens is 432 g/mol. The molecule has 0 spiro atoms. The standard InChI is InChI=1S/C30H34N2OSi/c1-19(2)22-10-8-11-23(20(3)4)28(22)21-14-16-31-25(18-21)24-12-9-13-26-29(24)33-30-27(34(5,6)7)15-17-32(26)30/h8-20H,1-7H3. The van der Waals surface area contributed by atoms with Gasteiger partial charge in [-0.2, -0.15) is 0 Å². The first kappa shape index (κ1) is 22.7. The Hall–Kier alpha value is -3.11. The SMILES string of the molecule is CC(C)c1cccc(C(C)C)c1-c1ccnc(-c2cccc3c2oc2c([Si](C)(C)C)ccn23)c1. The van der Waals surface area contributed by atoms with Crippen LogP contribution in [0.4, 0.5) is 0 Å². The molecule has 3 heterocycles. The maximum atomic E-state index is 6.56. The zero-order valence-corrected chi connectivity index (χ0v) is 22.3. The number of pyridine rings is 1. The van der Waals surface area contributed by atoms with Crippen LogP contribution >= 0.6 is 0 Å². The fourth-order valence-electron chi connectivity index (χ4n) is 5.02. The molecule has 0 saturated carbocycles. The van der Waals surface area contributed by atoms with Crippen molar-refractivity contribution >= 4 is 30.1 Å². The molecule has 0 atom stereocenters. The molecule has 5 rings (SSSR count). The molecule has 5 aromatic rings. The number of aromatic nitrogens is 2. The van der Waals surface area contributed by atoms with Crippen LogP contribution in [-0.4, -0.2) is 17.5 Å². The average Bonchev–Trinajstić information content (AvgIpc) is 3.37. The normalized spacial score (nSPS) is 12.5. The van der Waals surface area contributed by atoms with Crippen LogP contribution in [0.2, 0.25) is 19.6 Å². The third kappa shape index (κ3) is 3.70.